The third-order valence-corrected chi connectivity index (χ3v) is 1.47. The average molecular weight is 200 g/mol. The van der Waals surface area contributed by atoms with Crippen molar-refractivity contribution < 1.29 is 28.6 Å². The first-order chi connectivity index (χ1) is 6.75. The fourth-order valence-electron chi connectivity index (χ4n) is 0.864. The second-order valence-electron chi connectivity index (χ2n) is 2.40. The van der Waals surface area contributed by atoms with Crippen LogP contribution in [0.3, 0.4) is 0 Å². The molecule has 0 saturated heterocycles. The Morgan fingerprint density at radius 1 is 1.71 bits per heavy atom. The van der Waals surface area contributed by atoms with Gasteiger partial charge in [-0.1, -0.05) is 0 Å². The second-order valence-corrected chi connectivity index (χ2v) is 2.40. The van der Waals surface area contributed by atoms with E-state index in [2.05, 4.69) is 9.47 Å². The summed E-state index contributed by atoms with van der Waals surface area (Å²) in [5.41, 5.74) is 0. The molecule has 0 spiro atoms. The Labute approximate surface area is 79.4 Å². The monoisotopic (exact) mass is 200 g/mol. The van der Waals surface area contributed by atoms with Gasteiger partial charge in [-0.25, -0.2) is 4.79 Å². The van der Waals surface area contributed by atoms with Crippen molar-refractivity contribution in [2.75, 3.05) is 6.79 Å². The molecule has 0 fully saturated rings. The number of esters is 1. The van der Waals surface area contributed by atoms with Crippen molar-refractivity contribution in [3.05, 3.63) is 12.3 Å². The van der Waals surface area contributed by atoms with E-state index in [1.807, 2.05) is 0 Å². The highest BCUT2D eigenvalue weighted by atomic mass is 16.7. The van der Waals surface area contributed by atoms with E-state index in [0.29, 0.717) is 0 Å². The fourth-order valence-corrected chi connectivity index (χ4v) is 0.864. The van der Waals surface area contributed by atoms with Crippen LogP contribution in [0.15, 0.2) is 12.3 Å². The summed E-state index contributed by atoms with van der Waals surface area (Å²) in [6.45, 7) is -0.379. The van der Waals surface area contributed by atoms with Crippen molar-refractivity contribution in [1.29, 1.82) is 0 Å². The van der Waals surface area contributed by atoms with Gasteiger partial charge in [-0.15, -0.1) is 0 Å². The van der Waals surface area contributed by atoms with Gasteiger partial charge in [0.1, 0.15) is 0 Å². The molecule has 0 aliphatic carbocycles. The van der Waals surface area contributed by atoms with Crippen LogP contribution in [0.25, 0.3) is 0 Å². The molecule has 0 saturated carbocycles. The Balaban J connectivity index is 2.39. The van der Waals surface area contributed by atoms with Crippen LogP contribution in [0.2, 0.25) is 0 Å². The Kier molecular flexibility index (Phi) is 3.66. The van der Waals surface area contributed by atoms with Crippen LogP contribution in [-0.2, 0) is 28.6 Å². The van der Waals surface area contributed by atoms with E-state index in [1.54, 1.807) is 0 Å². The number of rotatable bonds is 4. The summed E-state index contributed by atoms with van der Waals surface area (Å²) in [7, 11) is 0. The predicted octanol–water partition coefficient (Wildman–Crippen LogP) is -0.468. The van der Waals surface area contributed by atoms with E-state index in [9.17, 15) is 14.4 Å². The minimum Gasteiger partial charge on any atom is -0.479 e. The number of carbonyl (C=O) groups is 3. The lowest BCUT2D eigenvalue weighted by Crippen LogP contribution is -2.35. The van der Waals surface area contributed by atoms with Crippen molar-refractivity contribution in [2.45, 2.75) is 12.5 Å². The number of ether oxygens (including phenoxy) is 3. The van der Waals surface area contributed by atoms with Crippen LogP contribution in [0.1, 0.15) is 6.42 Å². The molecule has 1 aliphatic heterocycles. The van der Waals surface area contributed by atoms with E-state index in [0.717, 1.165) is 0 Å². The van der Waals surface area contributed by atoms with Crippen molar-refractivity contribution >= 4 is 18.2 Å². The zero-order valence-electron chi connectivity index (χ0n) is 7.17. The Bertz CT molecular complexity index is 269. The number of carbonyl (C=O) groups excluding carboxylic acids is 3. The van der Waals surface area contributed by atoms with Crippen LogP contribution in [0.5, 0.6) is 0 Å². The Hall–Kier alpha value is -1.85. The van der Waals surface area contributed by atoms with Gasteiger partial charge in [0.25, 0.3) is 12.6 Å². The maximum atomic E-state index is 11.1. The van der Waals surface area contributed by atoms with Gasteiger partial charge in [0.05, 0.1) is 6.26 Å². The maximum Gasteiger partial charge on any atom is 0.358 e. The molecule has 6 heteroatoms. The zero-order chi connectivity index (χ0) is 10.4. The minimum absolute atomic E-state index is 0.133. The molecule has 1 aliphatic rings. The lowest BCUT2D eigenvalue weighted by atomic mass is 10.1. The van der Waals surface area contributed by atoms with Gasteiger partial charge in [-0.3, -0.25) is 9.59 Å². The average Bonchev–Trinajstić information content (AvgIpc) is 2.18. The van der Waals surface area contributed by atoms with Crippen LogP contribution < -0.4 is 0 Å². The highest BCUT2D eigenvalue weighted by Gasteiger charge is 2.30. The highest BCUT2D eigenvalue weighted by Crippen LogP contribution is 2.07. The van der Waals surface area contributed by atoms with E-state index < -0.39 is 18.9 Å². The Morgan fingerprint density at radius 2 is 2.50 bits per heavy atom. The highest BCUT2D eigenvalue weighted by molar-refractivity contribution is 6.03. The van der Waals surface area contributed by atoms with Gasteiger partial charge in [0.2, 0.25) is 6.79 Å². The SMILES string of the molecule is O=COCOC(=O)C1OC=CCC1=O. The van der Waals surface area contributed by atoms with Crippen LogP contribution in [0, 0.1) is 0 Å². The van der Waals surface area contributed by atoms with Gasteiger partial charge >= 0.3 is 5.97 Å². The van der Waals surface area contributed by atoms with E-state index in [-0.39, 0.29) is 18.7 Å². The quantitative estimate of drug-likeness (QED) is 0.201. The van der Waals surface area contributed by atoms with Gasteiger partial charge in [-0.05, 0) is 6.08 Å². The summed E-state index contributed by atoms with van der Waals surface area (Å²) < 4.78 is 13.3. The number of ketones is 1. The molecule has 0 bridgehead atoms. The second kappa shape index (κ2) is 5.00. The molecule has 1 heterocycles. The van der Waals surface area contributed by atoms with E-state index in [1.165, 1.54) is 12.3 Å². The summed E-state index contributed by atoms with van der Waals surface area (Å²) in [6.07, 6.45) is 1.64. The predicted molar refractivity (Wildman–Crippen MR) is 41.7 cm³/mol. The maximum absolute atomic E-state index is 11.1. The zero-order valence-corrected chi connectivity index (χ0v) is 7.17. The minimum atomic E-state index is -1.24. The summed E-state index contributed by atoms with van der Waals surface area (Å²) in [5, 5.41) is 0. The smallest absolute Gasteiger partial charge is 0.358 e. The molecule has 76 valence electrons. The standard InChI is InChI=1S/C8H8O6/c9-4-12-5-14-8(11)7-6(10)2-1-3-13-7/h1,3-4,7H,2,5H2. The molecular weight excluding hydrogens is 192 g/mol. The molecule has 1 rings (SSSR count). The Morgan fingerprint density at radius 3 is 3.14 bits per heavy atom. The summed E-state index contributed by atoms with van der Waals surface area (Å²) in [6, 6.07) is 0. The number of hydrogen-bond donors (Lipinski definition) is 0. The largest absolute Gasteiger partial charge is 0.479 e. The molecule has 1 unspecified atom stereocenters. The number of Topliss-reactive ketones (excluding diaryl/α,β-unsaturated/α-hetero) is 1. The normalized spacial score (nSPS) is 19.7. The third-order valence-electron chi connectivity index (χ3n) is 1.47. The van der Waals surface area contributed by atoms with E-state index in [4.69, 9.17) is 4.74 Å². The van der Waals surface area contributed by atoms with Gasteiger partial charge in [0.15, 0.2) is 5.78 Å². The first kappa shape index (κ1) is 10.2. The van der Waals surface area contributed by atoms with Crippen LogP contribution in [0.4, 0.5) is 0 Å². The third kappa shape index (κ3) is 2.58. The first-order valence-electron chi connectivity index (χ1n) is 3.81. The topological polar surface area (TPSA) is 78.9 Å². The molecule has 0 amide bonds. The van der Waals surface area contributed by atoms with Gasteiger partial charge in [0, 0.05) is 6.42 Å². The van der Waals surface area contributed by atoms with Gasteiger partial charge < -0.3 is 14.2 Å². The number of allylic oxidation sites excluding steroid dienone is 1. The van der Waals surface area contributed by atoms with E-state index >= 15 is 0 Å². The summed E-state index contributed by atoms with van der Waals surface area (Å²) in [5.74, 6) is -1.25. The van der Waals surface area contributed by atoms with Crippen molar-refractivity contribution in [1.82, 2.24) is 0 Å². The molecule has 14 heavy (non-hydrogen) atoms. The summed E-state index contributed by atoms with van der Waals surface area (Å²) in [4.78, 5) is 31.9. The number of hydrogen-bond acceptors (Lipinski definition) is 6. The summed E-state index contributed by atoms with van der Waals surface area (Å²) >= 11 is 0. The molecule has 0 N–H and O–H groups in total. The molecule has 0 aromatic rings. The molecule has 0 aromatic carbocycles. The molecular formula is C8H8O6. The fraction of sp³-hybridized carbons (Fsp3) is 0.375. The van der Waals surface area contributed by atoms with Crippen molar-refractivity contribution in [3.63, 3.8) is 0 Å². The van der Waals surface area contributed by atoms with Crippen LogP contribution >= 0.6 is 0 Å². The van der Waals surface area contributed by atoms with Gasteiger partial charge in [-0.2, -0.15) is 0 Å². The molecule has 0 radical (unpaired) electrons. The first-order valence-corrected chi connectivity index (χ1v) is 3.81. The molecule has 1 atom stereocenters. The lowest BCUT2D eigenvalue weighted by Gasteiger charge is -2.16. The van der Waals surface area contributed by atoms with Crippen molar-refractivity contribution in [2.24, 2.45) is 0 Å². The molecule has 0 aromatic heterocycles. The lowest BCUT2D eigenvalue weighted by molar-refractivity contribution is -0.170. The molecule has 6 nitrogen and oxygen atoms in total. The van der Waals surface area contributed by atoms with Crippen molar-refractivity contribution in [3.8, 4) is 0 Å². The van der Waals surface area contributed by atoms with Crippen LogP contribution in [-0.4, -0.2) is 31.1 Å².